The molecule has 1 aromatic carbocycles. The molecule has 3 rings (SSSR count). The number of fused-ring (bicyclic) bond motifs is 1. The van der Waals surface area contributed by atoms with Crippen LogP contribution in [0.2, 0.25) is 0 Å². The third-order valence-corrected chi connectivity index (χ3v) is 5.20. The standard InChI is InChI=1S/C16H19NS/c1-4-12-7-8-15(18-12)14-9-13-10(2)5-6-11(3)16(13)17-14/h5-8,14,17H,4,9H2,1-3H3. The van der Waals surface area contributed by atoms with Crippen LogP contribution in [0.3, 0.4) is 0 Å². The first kappa shape index (κ1) is 11.8. The van der Waals surface area contributed by atoms with Crippen molar-refractivity contribution in [3.63, 3.8) is 0 Å². The average molecular weight is 257 g/mol. The van der Waals surface area contributed by atoms with E-state index in [1.807, 2.05) is 11.3 Å². The van der Waals surface area contributed by atoms with Gasteiger partial charge in [-0.3, -0.25) is 0 Å². The minimum absolute atomic E-state index is 0.477. The summed E-state index contributed by atoms with van der Waals surface area (Å²) in [5.74, 6) is 0. The Morgan fingerprint density at radius 3 is 2.61 bits per heavy atom. The first-order valence-electron chi connectivity index (χ1n) is 6.63. The van der Waals surface area contributed by atoms with Crippen molar-refractivity contribution < 1.29 is 0 Å². The predicted molar refractivity (Wildman–Crippen MR) is 79.7 cm³/mol. The fourth-order valence-corrected chi connectivity index (χ4v) is 3.71. The van der Waals surface area contributed by atoms with E-state index in [9.17, 15) is 0 Å². The summed E-state index contributed by atoms with van der Waals surface area (Å²) in [6.07, 6.45) is 2.27. The molecule has 94 valence electrons. The molecule has 2 heterocycles. The number of nitrogens with one attached hydrogen (secondary N) is 1. The van der Waals surface area contributed by atoms with Gasteiger partial charge < -0.3 is 5.32 Å². The van der Waals surface area contributed by atoms with Crippen molar-refractivity contribution in [3.05, 3.63) is 50.7 Å². The number of hydrogen-bond acceptors (Lipinski definition) is 2. The third kappa shape index (κ3) is 1.85. The molecule has 0 bridgehead atoms. The molecule has 2 heteroatoms. The van der Waals surface area contributed by atoms with Gasteiger partial charge in [-0.2, -0.15) is 0 Å². The maximum Gasteiger partial charge on any atom is 0.0648 e. The van der Waals surface area contributed by atoms with Gasteiger partial charge >= 0.3 is 0 Å². The maximum absolute atomic E-state index is 3.71. The second kappa shape index (κ2) is 4.43. The van der Waals surface area contributed by atoms with Crippen molar-refractivity contribution in [2.75, 3.05) is 5.32 Å². The number of thiophene rings is 1. The van der Waals surface area contributed by atoms with E-state index >= 15 is 0 Å². The van der Waals surface area contributed by atoms with Gasteiger partial charge in [-0.05, 0) is 55.5 Å². The summed E-state index contributed by atoms with van der Waals surface area (Å²) in [6, 6.07) is 9.49. The molecule has 1 aliphatic rings. The largest absolute Gasteiger partial charge is 0.377 e. The number of anilines is 1. The van der Waals surface area contributed by atoms with Crippen molar-refractivity contribution in [1.82, 2.24) is 0 Å². The minimum Gasteiger partial charge on any atom is -0.377 e. The van der Waals surface area contributed by atoms with Crippen molar-refractivity contribution in [1.29, 1.82) is 0 Å². The summed E-state index contributed by atoms with van der Waals surface area (Å²) in [7, 11) is 0. The molecular weight excluding hydrogens is 238 g/mol. The fourth-order valence-electron chi connectivity index (χ4n) is 2.71. The number of rotatable bonds is 2. The lowest BCUT2D eigenvalue weighted by molar-refractivity contribution is 0.840. The Balaban J connectivity index is 1.93. The summed E-state index contributed by atoms with van der Waals surface area (Å²) >= 11 is 1.95. The summed E-state index contributed by atoms with van der Waals surface area (Å²) in [5, 5.41) is 3.71. The fraction of sp³-hybridized carbons (Fsp3) is 0.375. The molecule has 0 fully saturated rings. The Bertz CT molecular complexity index is 552. The van der Waals surface area contributed by atoms with E-state index < -0.39 is 0 Å². The summed E-state index contributed by atoms with van der Waals surface area (Å²) in [4.78, 5) is 2.96. The zero-order valence-corrected chi connectivity index (χ0v) is 12.0. The number of hydrogen-bond donors (Lipinski definition) is 1. The van der Waals surface area contributed by atoms with Crippen LogP contribution in [-0.2, 0) is 12.8 Å². The lowest BCUT2D eigenvalue weighted by atomic mass is 10.0. The molecular formula is C16H19NS. The molecule has 0 amide bonds. The van der Waals surface area contributed by atoms with Crippen LogP contribution in [0.5, 0.6) is 0 Å². The van der Waals surface area contributed by atoms with E-state index in [2.05, 4.69) is 50.4 Å². The average Bonchev–Trinajstić information content (AvgIpc) is 2.99. The smallest absolute Gasteiger partial charge is 0.0648 e. The van der Waals surface area contributed by atoms with Crippen molar-refractivity contribution in [2.45, 2.75) is 39.7 Å². The molecule has 1 nitrogen and oxygen atoms in total. The second-order valence-electron chi connectivity index (χ2n) is 5.11. The number of aryl methyl sites for hydroxylation is 3. The monoisotopic (exact) mass is 257 g/mol. The zero-order valence-electron chi connectivity index (χ0n) is 11.2. The Morgan fingerprint density at radius 1 is 1.17 bits per heavy atom. The van der Waals surface area contributed by atoms with Crippen molar-refractivity contribution >= 4 is 17.0 Å². The molecule has 18 heavy (non-hydrogen) atoms. The molecule has 1 N–H and O–H groups in total. The van der Waals surface area contributed by atoms with Crippen LogP contribution in [0.4, 0.5) is 5.69 Å². The first-order valence-corrected chi connectivity index (χ1v) is 7.45. The highest BCUT2D eigenvalue weighted by Gasteiger charge is 2.25. The van der Waals surface area contributed by atoms with Gasteiger partial charge in [-0.25, -0.2) is 0 Å². The first-order chi connectivity index (χ1) is 8.69. The normalized spacial score (nSPS) is 17.6. The Labute approximate surface area is 113 Å². The summed E-state index contributed by atoms with van der Waals surface area (Å²) < 4.78 is 0. The molecule has 1 atom stereocenters. The van der Waals surface area contributed by atoms with Crippen LogP contribution in [0.25, 0.3) is 0 Å². The van der Waals surface area contributed by atoms with Gasteiger partial charge in [0.2, 0.25) is 0 Å². The van der Waals surface area contributed by atoms with Crippen LogP contribution in [0, 0.1) is 13.8 Å². The van der Waals surface area contributed by atoms with Crippen LogP contribution in [0.1, 0.15) is 39.4 Å². The van der Waals surface area contributed by atoms with Crippen LogP contribution < -0.4 is 5.32 Å². The molecule has 1 aliphatic heterocycles. The van der Waals surface area contributed by atoms with E-state index in [-0.39, 0.29) is 0 Å². The zero-order chi connectivity index (χ0) is 12.7. The maximum atomic E-state index is 3.71. The molecule has 1 unspecified atom stereocenters. The van der Waals surface area contributed by atoms with E-state index in [4.69, 9.17) is 0 Å². The van der Waals surface area contributed by atoms with Gasteiger partial charge in [0.25, 0.3) is 0 Å². The predicted octanol–water partition coefficient (Wildman–Crippen LogP) is 4.64. The molecule has 0 spiro atoms. The molecule has 0 saturated heterocycles. The molecule has 2 aromatic rings. The lowest BCUT2D eigenvalue weighted by Crippen LogP contribution is -2.03. The van der Waals surface area contributed by atoms with Gasteiger partial charge in [0.1, 0.15) is 0 Å². The van der Waals surface area contributed by atoms with Gasteiger partial charge in [0.15, 0.2) is 0 Å². The highest BCUT2D eigenvalue weighted by atomic mass is 32.1. The quantitative estimate of drug-likeness (QED) is 0.826. The molecule has 0 radical (unpaired) electrons. The Morgan fingerprint density at radius 2 is 1.94 bits per heavy atom. The van der Waals surface area contributed by atoms with Crippen molar-refractivity contribution in [2.24, 2.45) is 0 Å². The van der Waals surface area contributed by atoms with Crippen LogP contribution in [0.15, 0.2) is 24.3 Å². The number of benzene rings is 1. The van der Waals surface area contributed by atoms with E-state index in [0.717, 1.165) is 12.8 Å². The topological polar surface area (TPSA) is 12.0 Å². The van der Waals surface area contributed by atoms with E-state index in [1.165, 1.54) is 32.1 Å². The minimum atomic E-state index is 0.477. The van der Waals surface area contributed by atoms with Crippen molar-refractivity contribution in [3.8, 4) is 0 Å². The SMILES string of the molecule is CCc1ccc(C2Cc3c(C)ccc(C)c3N2)s1. The van der Waals surface area contributed by atoms with Crippen LogP contribution >= 0.6 is 11.3 Å². The highest BCUT2D eigenvalue weighted by molar-refractivity contribution is 7.12. The summed E-state index contributed by atoms with van der Waals surface area (Å²) in [6.45, 7) is 6.63. The van der Waals surface area contributed by atoms with Gasteiger partial charge in [0, 0.05) is 15.4 Å². The highest BCUT2D eigenvalue weighted by Crippen LogP contribution is 2.40. The second-order valence-corrected chi connectivity index (χ2v) is 6.31. The van der Waals surface area contributed by atoms with Gasteiger partial charge in [-0.1, -0.05) is 19.1 Å². The Kier molecular flexibility index (Phi) is 2.90. The van der Waals surface area contributed by atoms with Crippen LogP contribution in [-0.4, -0.2) is 0 Å². The molecule has 0 aliphatic carbocycles. The van der Waals surface area contributed by atoms with Gasteiger partial charge in [0.05, 0.1) is 6.04 Å². The molecule has 0 saturated carbocycles. The van der Waals surface area contributed by atoms with E-state index in [1.54, 1.807) is 0 Å². The van der Waals surface area contributed by atoms with Gasteiger partial charge in [-0.15, -0.1) is 11.3 Å². The van der Waals surface area contributed by atoms with E-state index in [0.29, 0.717) is 6.04 Å². The lowest BCUT2D eigenvalue weighted by Gasteiger charge is -2.09. The summed E-state index contributed by atoms with van der Waals surface area (Å²) in [5.41, 5.74) is 5.65. The Hall–Kier alpha value is -1.28. The third-order valence-electron chi connectivity index (χ3n) is 3.86. The molecule has 1 aromatic heterocycles.